The van der Waals surface area contributed by atoms with Crippen molar-refractivity contribution in [1.82, 2.24) is 14.5 Å². The number of nitrogens with zero attached hydrogens (tertiary/aromatic N) is 3. The lowest BCUT2D eigenvalue weighted by Crippen LogP contribution is -2.29. The molecular weight excluding hydrogens is 348 g/mol. The number of nitrogens with one attached hydrogen (secondary N) is 1. The number of hydrogen-bond donors (Lipinski definition) is 1. The highest BCUT2D eigenvalue weighted by Gasteiger charge is 2.18. The van der Waals surface area contributed by atoms with Crippen LogP contribution in [0.15, 0.2) is 40.4 Å². The van der Waals surface area contributed by atoms with Gasteiger partial charge in [0, 0.05) is 31.9 Å². The Labute approximate surface area is 168 Å². The van der Waals surface area contributed by atoms with E-state index in [2.05, 4.69) is 55.8 Å². The SMILES string of the molecule is C\C=C(C)/C=C(C)\C(=C\C)c1cn(C)c2nc(N(CCC)CCC)[nH]c(=O)c12. The summed E-state index contributed by atoms with van der Waals surface area (Å²) in [5, 5.41) is 0.651. The molecule has 0 saturated carbocycles. The van der Waals surface area contributed by atoms with Crippen LogP contribution < -0.4 is 10.5 Å². The first-order valence-corrected chi connectivity index (χ1v) is 10.2. The van der Waals surface area contributed by atoms with Gasteiger partial charge in [0.05, 0.1) is 5.39 Å². The van der Waals surface area contributed by atoms with Gasteiger partial charge in [-0.2, -0.15) is 4.98 Å². The number of H-pyrrole nitrogens is 1. The van der Waals surface area contributed by atoms with Gasteiger partial charge in [0.15, 0.2) is 0 Å². The molecule has 5 nitrogen and oxygen atoms in total. The Morgan fingerprint density at radius 2 is 1.82 bits per heavy atom. The zero-order valence-electron chi connectivity index (χ0n) is 18.4. The van der Waals surface area contributed by atoms with Gasteiger partial charge in [0.25, 0.3) is 5.56 Å². The monoisotopic (exact) mass is 382 g/mol. The molecule has 0 spiro atoms. The van der Waals surface area contributed by atoms with E-state index in [1.165, 1.54) is 5.57 Å². The lowest BCUT2D eigenvalue weighted by Gasteiger charge is -2.21. The molecule has 0 saturated heterocycles. The van der Waals surface area contributed by atoms with E-state index in [0.717, 1.165) is 48.3 Å². The van der Waals surface area contributed by atoms with Gasteiger partial charge in [0.2, 0.25) is 5.95 Å². The van der Waals surface area contributed by atoms with Crippen LogP contribution in [0.3, 0.4) is 0 Å². The standard InChI is InChI=1S/C23H34N4O/c1-8-12-27(13-9-2)23-24-21-20(22(28)25-23)19(15-26(21)7)18(11-4)17(6)14-16(5)10-3/h10-11,14-15H,8-9,12-13H2,1-7H3,(H,24,25,28)/b16-10-,17-14-,18-11-. The molecular formula is C23H34N4O. The van der Waals surface area contributed by atoms with Crippen molar-refractivity contribution in [3.8, 4) is 0 Å². The molecule has 0 aromatic carbocycles. The number of aromatic nitrogens is 3. The summed E-state index contributed by atoms with van der Waals surface area (Å²) in [7, 11) is 1.95. The number of fused-ring (bicyclic) bond motifs is 1. The molecule has 0 fully saturated rings. The number of anilines is 1. The van der Waals surface area contributed by atoms with Crippen LogP contribution in [0.4, 0.5) is 5.95 Å². The van der Waals surface area contributed by atoms with Crippen LogP contribution in [0.1, 0.15) is 59.9 Å². The molecule has 2 aromatic rings. The van der Waals surface area contributed by atoms with Crippen LogP contribution in [0.2, 0.25) is 0 Å². The van der Waals surface area contributed by atoms with Gasteiger partial charge in [-0.3, -0.25) is 9.78 Å². The summed E-state index contributed by atoms with van der Waals surface area (Å²) in [6, 6.07) is 0. The van der Waals surface area contributed by atoms with Gasteiger partial charge in [-0.05, 0) is 51.7 Å². The van der Waals surface area contributed by atoms with Gasteiger partial charge in [-0.1, -0.05) is 37.6 Å². The van der Waals surface area contributed by atoms with Crippen LogP contribution >= 0.6 is 0 Å². The molecule has 0 aliphatic rings. The van der Waals surface area contributed by atoms with Crippen molar-refractivity contribution in [1.29, 1.82) is 0 Å². The third kappa shape index (κ3) is 4.46. The van der Waals surface area contributed by atoms with E-state index in [0.29, 0.717) is 11.3 Å². The van der Waals surface area contributed by atoms with Crippen LogP contribution in [0, 0.1) is 0 Å². The van der Waals surface area contributed by atoms with E-state index in [9.17, 15) is 4.79 Å². The van der Waals surface area contributed by atoms with Gasteiger partial charge in [-0.25, -0.2) is 0 Å². The first-order valence-electron chi connectivity index (χ1n) is 10.2. The molecule has 1 N–H and O–H groups in total. The van der Waals surface area contributed by atoms with Crippen molar-refractivity contribution in [3.63, 3.8) is 0 Å². The van der Waals surface area contributed by atoms with E-state index >= 15 is 0 Å². The number of aromatic amines is 1. The molecule has 152 valence electrons. The van der Waals surface area contributed by atoms with Gasteiger partial charge in [0.1, 0.15) is 5.65 Å². The molecule has 0 unspecified atom stereocenters. The van der Waals surface area contributed by atoms with E-state index in [1.54, 1.807) is 0 Å². The first kappa shape index (κ1) is 21.7. The fourth-order valence-corrected chi connectivity index (χ4v) is 3.58. The number of rotatable bonds is 8. The van der Waals surface area contributed by atoms with Crippen LogP contribution in [0.5, 0.6) is 0 Å². The Bertz CT molecular complexity index is 966. The highest BCUT2D eigenvalue weighted by atomic mass is 16.1. The maximum absolute atomic E-state index is 13.1. The minimum Gasteiger partial charge on any atom is -0.342 e. The summed E-state index contributed by atoms with van der Waals surface area (Å²) in [4.78, 5) is 23.1. The molecule has 0 amide bonds. The topological polar surface area (TPSA) is 53.9 Å². The maximum Gasteiger partial charge on any atom is 0.262 e. The van der Waals surface area contributed by atoms with Crippen molar-refractivity contribution in [2.75, 3.05) is 18.0 Å². The lowest BCUT2D eigenvalue weighted by molar-refractivity contribution is 0.720. The zero-order valence-corrected chi connectivity index (χ0v) is 18.4. The minimum atomic E-state index is -0.0808. The molecule has 0 atom stereocenters. The molecule has 0 aliphatic carbocycles. The van der Waals surface area contributed by atoms with Gasteiger partial charge >= 0.3 is 0 Å². The van der Waals surface area contributed by atoms with Gasteiger partial charge < -0.3 is 9.47 Å². The Hall–Kier alpha value is -2.56. The van der Waals surface area contributed by atoms with E-state index in [4.69, 9.17) is 4.98 Å². The van der Waals surface area contributed by atoms with Crippen molar-refractivity contribution in [2.24, 2.45) is 7.05 Å². The molecule has 2 heterocycles. The second-order valence-electron chi connectivity index (χ2n) is 7.29. The maximum atomic E-state index is 13.1. The summed E-state index contributed by atoms with van der Waals surface area (Å²) in [5.74, 6) is 0.660. The van der Waals surface area contributed by atoms with Gasteiger partial charge in [-0.15, -0.1) is 0 Å². The number of hydrogen-bond acceptors (Lipinski definition) is 3. The summed E-state index contributed by atoms with van der Waals surface area (Å²) in [5.41, 5.74) is 4.96. The summed E-state index contributed by atoms with van der Waals surface area (Å²) in [6.45, 7) is 14.2. The van der Waals surface area contributed by atoms with Crippen molar-refractivity contribution >= 4 is 22.6 Å². The molecule has 5 heteroatoms. The highest BCUT2D eigenvalue weighted by Crippen LogP contribution is 2.29. The number of allylic oxidation sites excluding steroid dienone is 6. The Balaban J connectivity index is 2.66. The smallest absolute Gasteiger partial charge is 0.262 e. The van der Waals surface area contributed by atoms with Crippen molar-refractivity contribution < 1.29 is 0 Å². The van der Waals surface area contributed by atoms with Crippen LogP contribution in [-0.4, -0.2) is 27.6 Å². The minimum absolute atomic E-state index is 0.0808. The molecule has 2 aromatic heterocycles. The lowest BCUT2D eigenvalue weighted by atomic mass is 9.97. The average molecular weight is 383 g/mol. The van der Waals surface area contributed by atoms with Crippen molar-refractivity contribution in [2.45, 2.75) is 54.4 Å². The normalized spacial score (nSPS) is 13.5. The molecule has 0 radical (unpaired) electrons. The summed E-state index contributed by atoms with van der Waals surface area (Å²) < 4.78 is 1.96. The second-order valence-corrected chi connectivity index (χ2v) is 7.29. The van der Waals surface area contributed by atoms with Crippen molar-refractivity contribution in [3.05, 3.63) is 51.5 Å². The van der Waals surface area contributed by atoms with E-state index < -0.39 is 0 Å². The largest absolute Gasteiger partial charge is 0.342 e. The van der Waals surface area contributed by atoms with Crippen LogP contribution in [-0.2, 0) is 7.05 Å². The predicted octanol–water partition coefficient (Wildman–Crippen LogP) is 5.20. The molecule has 2 rings (SSSR count). The zero-order chi connectivity index (χ0) is 20.8. The predicted molar refractivity (Wildman–Crippen MR) is 121 cm³/mol. The number of aryl methyl sites for hydroxylation is 1. The Morgan fingerprint density at radius 3 is 2.36 bits per heavy atom. The van der Waals surface area contributed by atoms with E-state index in [1.807, 2.05) is 31.7 Å². The molecule has 0 aliphatic heterocycles. The average Bonchev–Trinajstić information content (AvgIpc) is 2.99. The Kier molecular flexibility index (Phi) is 7.44. The van der Waals surface area contributed by atoms with Crippen LogP contribution in [0.25, 0.3) is 16.6 Å². The third-order valence-corrected chi connectivity index (χ3v) is 5.00. The Morgan fingerprint density at radius 1 is 1.18 bits per heavy atom. The van der Waals surface area contributed by atoms with E-state index in [-0.39, 0.29) is 5.56 Å². The quantitative estimate of drug-likeness (QED) is 0.638. The fourth-order valence-electron chi connectivity index (χ4n) is 3.58. The summed E-state index contributed by atoms with van der Waals surface area (Å²) >= 11 is 0. The second kappa shape index (κ2) is 9.58. The highest BCUT2D eigenvalue weighted by molar-refractivity contribution is 5.95. The molecule has 28 heavy (non-hydrogen) atoms. The first-order chi connectivity index (χ1) is 13.4. The summed E-state index contributed by atoms with van der Waals surface area (Å²) in [6.07, 6.45) is 10.3. The fraction of sp³-hybridized carbons (Fsp3) is 0.478. The molecule has 0 bridgehead atoms. The third-order valence-electron chi connectivity index (χ3n) is 5.00.